The van der Waals surface area contributed by atoms with E-state index in [4.69, 9.17) is 0 Å². The maximum Gasteiger partial charge on any atom is 0.108 e. The fourth-order valence-electron chi connectivity index (χ4n) is 0.943. The fraction of sp³-hybridized carbons (Fsp3) is 0.143. The van der Waals surface area contributed by atoms with Crippen LogP contribution in [0.2, 0.25) is 0 Å². The second-order valence-electron chi connectivity index (χ2n) is 2.08. The third kappa shape index (κ3) is 0.757. The van der Waals surface area contributed by atoms with Gasteiger partial charge in [-0.15, -0.1) is 0 Å². The predicted molar refractivity (Wildman–Crippen MR) is 41.2 cm³/mol. The van der Waals surface area contributed by atoms with Gasteiger partial charge in [0.2, 0.25) is 0 Å². The van der Waals surface area contributed by atoms with E-state index in [2.05, 4.69) is 15.3 Å². The molecule has 0 aromatic carbocycles. The van der Waals surface area contributed by atoms with Gasteiger partial charge in [0, 0.05) is 6.20 Å². The van der Waals surface area contributed by atoms with Gasteiger partial charge in [-0.1, -0.05) is 0 Å². The van der Waals surface area contributed by atoms with Gasteiger partial charge in [0.15, 0.2) is 0 Å². The van der Waals surface area contributed by atoms with Gasteiger partial charge in [0.25, 0.3) is 0 Å². The molecular formula is C7H7N3. The van der Waals surface area contributed by atoms with Crippen molar-refractivity contribution < 1.29 is 0 Å². The first-order valence-corrected chi connectivity index (χ1v) is 3.15. The Labute approximate surface area is 58.9 Å². The average molecular weight is 133 g/mol. The molecule has 0 atom stereocenters. The molecule has 0 unspecified atom stereocenters. The standard InChI is InChI=1S/C7H7N3/c1-2-6-7(4-8-3-1)10-5-9-6/h1-4,9H,5H2. The highest BCUT2D eigenvalue weighted by Gasteiger charge is 2.09. The van der Waals surface area contributed by atoms with E-state index in [0.717, 1.165) is 11.4 Å². The lowest BCUT2D eigenvalue weighted by molar-refractivity contribution is 0.909. The third-order valence-electron chi connectivity index (χ3n) is 1.43. The van der Waals surface area contributed by atoms with Crippen molar-refractivity contribution >= 4 is 11.9 Å². The SMILES string of the molecule is C1=CN=CC2=NCNC2=C1. The molecule has 50 valence electrons. The van der Waals surface area contributed by atoms with Gasteiger partial charge in [0.1, 0.15) is 12.4 Å². The van der Waals surface area contributed by atoms with Crippen molar-refractivity contribution in [2.75, 3.05) is 6.67 Å². The topological polar surface area (TPSA) is 36.8 Å². The first-order valence-electron chi connectivity index (χ1n) is 3.15. The number of nitrogens with one attached hydrogen (secondary N) is 1. The quantitative estimate of drug-likeness (QED) is 0.512. The molecule has 10 heavy (non-hydrogen) atoms. The van der Waals surface area contributed by atoms with Crippen molar-refractivity contribution in [3.05, 3.63) is 24.0 Å². The molecule has 0 aromatic heterocycles. The molecule has 0 fully saturated rings. The zero-order valence-corrected chi connectivity index (χ0v) is 5.41. The van der Waals surface area contributed by atoms with E-state index in [9.17, 15) is 0 Å². The largest absolute Gasteiger partial charge is 0.364 e. The summed E-state index contributed by atoms with van der Waals surface area (Å²) in [4.78, 5) is 8.15. The van der Waals surface area contributed by atoms with Crippen molar-refractivity contribution in [1.82, 2.24) is 5.32 Å². The first-order chi connectivity index (χ1) is 4.97. The molecule has 1 N–H and O–H groups in total. The van der Waals surface area contributed by atoms with E-state index >= 15 is 0 Å². The predicted octanol–water partition coefficient (Wildman–Crippen LogP) is 0.470. The molecule has 0 saturated carbocycles. The number of fused-ring (bicyclic) bond motifs is 1. The van der Waals surface area contributed by atoms with Crippen LogP contribution in [0.3, 0.4) is 0 Å². The highest BCUT2D eigenvalue weighted by Crippen LogP contribution is 2.02. The molecule has 0 amide bonds. The van der Waals surface area contributed by atoms with Gasteiger partial charge >= 0.3 is 0 Å². The fourth-order valence-corrected chi connectivity index (χ4v) is 0.943. The van der Waals surface area contributed by atoms with Crippen LogP contribution in [-0.4, -0.2) is 18.6 Å². The van der Waals surface area contributed by atoms with Crippen LogP contribution in [-0.2, 0) is 0 Å². The number of hydrogen-bond donors (Lipinski definition) is 1. The van der Waals surface area contributed by atoms with Crippen LogP contribution < -0.4 is 5.32 Å². The number of rotatable bonds is 0. The van der Waals surface area contributed by atoms with Crippen molar-refractivity contribution in [3.63, 3.8) is 0 Å². The lowest BCUT2D eigenvalue weighted by Crippen LogP contribution is -2.10. The monoisotopic (exact) mass is 133 g/mol. The summed E-state index contributed by atoms with van der Waals surface area (Å²) >= 11 is 0. The van der Waals surface area contributed by atoms with Crippen LogP contribution in [0.15, 0.2) is 34.0 Å². The normalized spacial score (nSPS) is 20.8. The zero-order valence-electron chi connectivity index (χ0n) is 5.41. The van der Waals surface area contributed by atoms with Crippen LogP contribution in [0, 0.1) is 0 Å². The lowest BCUT2D eigenvalue weighted by atomic mass is 10.3. The lowest BCUT2D eigenvalue weighted by Gasteiger charge is -1.93. The van der Waals surface area contributed by atoms with Gasteiger partial charge in [0.05, 0.1) is 11.9 Å². The van der Waals surface area contributed by atoms with E-state index < -0.39 is 0 Å². The minimum absolute atomic E-state index is 0.682. The van der Waals surface area contributed by atoms with Crippen LogP contribution >= 0.6 is 0 Å². The molecule has 0 aromatic rings. The summed E-state index contributed by atoms with van der Waals surface area (Å²) in [6.07, 6.45) is 7.37. The summed E-state index contributed by atoms with van der Waals surface area (Å²) in [6.45, 7) is 0.682. The zero-order chi connectivity index (χ0) is 6.81. The Morgan fingerprint density at radius 2 is 2.50 bits per heavy atom. The van der Waals surface area contributed by atoms with Crippen molar-refractivity contribution in [2.24, 2.45) is 9.98 Å². The van der Waals surface area contributed by atoms with Gasteiger partial charge < -0.3 is 5.32 Å². The smallest absolute Gasteiger partial charge is 0.108 e. The van der Waals surface area contributed by atoms with Crippen molar-refractivity contribution in [3.8, 4) is 0 Å². The Bertz CT molecular complexity index is 258. The maximum absolute atomic E-state index is 4.17. The Hall–Kier alpha value is -1.38. The van der Waals surface area contributed by atoms with Gasteiger partial charge in [-0.2, -0.15) is 0 Å². The number of aliphatic imine (C=N–C) groups is 2. The summed E-state index contributed by atoms with van der Waals surface area (Å²) in [6, 6.07) is 0. The second kappa shape index (κ2) is 2.10. The molecule has 0 saturated heterocycles. The van der Waals surface area contributed by atoms with Crippen molar-refractivity contribution in [1.29, 1.82) is 0 Å². The highest BCUT2D eigenvalue weighted by molar-refractivity contribution is 6.38. The van der Waals surface area contributed by atoms with Crippen LogP contribution in [0.1, 0.15) is 0 Å². The molecule has 2 aliphatic rings. The molecule has 3 nitrogen and oxygen atoms in total. The molecular weight excluding hydrogens is 126 g/mol. The third-order valence-corrected chi connectivity index (χ3v) is 1.43. The molecule has 3 heteroatoms. The molecule has 2 rings (SSSR count). The van der Waals surface area contributed by atoms with Gasteiger partial charge in [-0.3, -0.25) is 9.98 Å². The van der Waals surface area contributed by atoms with Crippen LogP contribution in [0.25, 0.3) is 0 Å². The molecule has 0 radical (unpaired) electrons. The molecule has 0 spiro atoms. The Morgan fingerprint density at radius 1 is 1.50 bits per heavy atom. The Morgan fingerprint density at radius 3 is 3.50 bits per heavy atom. The van der Waals surface area contributed by atoms with E-state index in [1.54, 1.807) is 12.4 Å². The number of allylic oxidation sites excluding steroid dienone is 3. The van der Waals surface area contributed by atoms with Gasteiger partial charge in [-0.25, -0.2) is 0 Å². The average Bonchev–Trinajstić information content (AvgIpc) is 2.28. The maximum atomic E-state index is 4.17. The van der Waals surface area contributed by atoms with E-state index in [-0.39, 0.29) is 0 Å². The summed E-state index contributed by atoms with van der Waals surface area (Å²) in [5.74, 6) is 0. The summed E-state index contributed by atoms with van der Waals surface area (Å²) in [7, 11) is 0. The summed E-state index contributed by atoms with van der Waals surface area (Å²) in [5.41, 5.74) is 2.02. The minimum atomic E-state index is 0.682. The van der Waals surface area contributed by atoms with E-state index in [1.165, 1.54) is 0 Å². The Kier molecular flexibility index (Phi) is 1.13. The molecule has 2 aliphatic heterocycles. The van der Waals surface area contributed by atoms with E-state index in [1.807, 2.05) is 12.2 Å². The second-order valence-corrected chi connectivity index (χ2v) is 2.08. The number of nitrogens with zero attached hydrogens (tertiary/aromatic N) is 2. The first kappa shape index (κ1) is 5.41. The Balaban J connectivity index is 2.42. The molecule has 2 heterocycles. The van der Waals surface area contributed by atoms with Crippen molar-refractivity contribution in [2.45, 2.75) is 0 Å². The highest BCUT2D eigenvalue weighted by atomic mass is 15.1. The summed E-state index contributed by atoms with van der Waals surface area (Å²) in [5, 5.41) is 3.11. The summed E-state index contributed by atoms with van der Waals surface area (Å²) < 4.78 is 0. The van der Waals surface area contributed by atoms with Gasteiger partial charge in [-0.05, 0) is 12.2 Å². The molecule has 0 bridgehead atoms. The minimum Gasteiger partial charge on any atom is -0.364 e. The number of hydrogen-bond acceptors (Lipinski definition) is 3. The van der Waals surface area contributed by atoms with Crippen LogP contribution in [0.5, 0.6) is 0 Å². The van der Waals surface area contributed by atoms with E-state index in [0.29, 0.717) is 6.67 Å². The molecule has 0 aliphatic carbocycles. The van der Waals surface area contributed by atoms with Crippen LogP contribution in [0.4, 0.5) is 0 Å².